The highest BCUT2D eigenvalue weighted by molar-refractivity contribution is 9.11. The molecule has 0 aliphatic carbocycles. The quantitative estimate of drug-likeness (QED) is 0.723. The Kier molecular flexibility index (Phi) is 6.16. The lowest BCUT2D eigenvalue weighted by molar-refractivity contribution is -0.135. The SMILES string of the molecule is O=C(COc1ccccc1Cl)N1CCN(Cc2ccc(Br)s2)CC1. The number of nitrogens with zero attached hydrogens (tertiary/aromatic N) is 2. The number of ether oxygens (including phenoxy) is 1. The molecule has 0 atom stereocenters. The summed E-state index contributed by atoms with van der Waals surface area (Å²) >= 11 is 11.3. The van der Waals surface area contributed by atoms with Crippen LogP contribution in [0.1, 0.15) is 4.88 Å². The van der Waals surface area contributed by atoms with Crippen LogP contribution in [0.15, 0.2) is 40.2 Å². The predicted molar refractivity (Wildman–Crippen MR) is 101 cm³/mol. The Morgan fingerprint density at radius 3 is 2.58 bits per heavy atom. The van der Waals surface area contributed by atoms with Gasteiger partial charge in [0.05, 0.1) is 8.81 Å². The molecule has 2 heterocycles. The number of carbonyl (C=O) groups is 1. The first kappa shape index (κ1) is 17.7. The molecule has 24 heavy (non-hydrogen) atoms. The monoisotopic (exact) mass is 428 g/mol. The molecular weight excluding hydrogens is 412 g/mol. The number of halogens is 2. The van der Waals surface area contributed by atoms with Gasteiger partial charge >= 0.3 is 0 Å². The van der Waals surface area contributed by atoms with Gasteiger partial charge in [0.25, 0.3) is 5.91 Å². The predicted octanol–water partition coefficient (Wildman–Crippen LogP) is 3.89. The summed E-state index contributed by atoms with van der Waals surface area (Å²) in [5.41, 5.74) is 0. The first-order valence-corrected chi connectivity index (χ1v) is 9.72. The average molecular weight is 430 g/mol. The standard InChI is InChI=1S/C17H18BrClN2O2S/c18-16-6-5-13(24-16)11-20-7-9-21(10-8-20)17(22)12-23-15-4-2-1-3-14(15)19/h1-6H,7-12H2. The maximum atomic E-state index is 12.3. The van der Waals surface area contributed by atoms with Gasteiger partial charge < -0.3 is 9.64 Å². The van der Waals surface area contributed by atoms with Gasteiger partial charge in [-0.1, -0.05) is 23.7 Å². The molecule has 0 bridgehead atoms. The number of carbonyl (C=O) groups excluding carboxylic acids is 1. The van der Waals surface area contributed by atoms with Gasteiger partial charge in [0.1, 0.15) is 5.75 Å². The summed E-state index contributed by atoms with van der Waals surface area (Å²) in [6, 6.07) is 11.4. The van der Waals surface area contributed by atoms with E-state index in [-0.39, 0.29) is 12.5 Å². The van der Waals surface area contributed by atoms with Crippen LogP contribution in [0.3, 0.4) is 0 Å². The van der Waals surface area contributed by atoms with Crippen molar-refractivity contribution in [3.05, 3.63) is 50.1 Å². The lowest BCUT2D eigenvalue weighted by Gasteiger charge is -2.34. The molecule has 0 unspecified atom stereocenters. The van der Waals surface area contributed by atoms with Crippen LogP contribution in [0.2, 0.25) is 5.02 Å². The van der Waals surface area contributed by atoms with Crippen LogP contribution < -0.4 is 4.74 Å². The van der Waals surface area contributed by atoms with E-state index in [4.69, 9.17) is 16.3 Å². The van der Waals surface area contributed by atoms with E-state index in [0.29, 0.717) is 10.8 Å². The lowest BCUT2D eigenvalue weighted by Crippen LogP contribution is -2.49. The molecule has 1 amide bonds. The van der Waals surface area contributed by atoms with Gasteiger partial charge in [-0.25, -0.2) is 0 Å². The molecule has 0 radical (unpaired) electrons. The average Bonchev–Trinajstić information content (AvgIpc) is 2.99. The second-order valence-electron chi connectivity index (χ2n) is 5.58. The van der Waals surface area contributed by atoms with E-state index in [1.54, 1.807) is 23.5 Å². The van der Waals surface area contributed by atoms with Crippen LogP contribution in [-0.2, 0) is 11.3 Å². The van der Waals surface area contributed by atoms with E-state index < -0.39 is 0 Å². The van der Waals surface area contributed by atoms with E-state index in [1.165, 1.54) is 4.88 Å². The van der Waals surface area contributed by atoms with Crippen LogP contribution in [0.5, 0.6) is 5.75 Å². The molecule has 1 aromatic heterocycles. The first-order valence-electron chi connectivity index (χ1n) is 7.73. The molecular formula is C17H18BrClN2O2S. The van der Waals surface area contributed by atoms with Gasteiger partial charge in [-0.2, -0.15) is 0 Å². The van der Waals surface area contributed by atoms with E-state index in [2.05, 4.69) is 33.0 Å². The molecule has 1 saturated heterocycles. The van der Waals surface area contributed by atoms with Crippen LogP contribution in [0.4, 0.5) is 0 Å². The third-order valence-electron chi connectivity index (χ3n) is 3.92. The normalized spacial score (nSPS) is 15.5. The van der Waals surface area contributed by atoms with Crippen molar-refractivity contribution in [2.45, 2.75) is 6.54 Å². The maximum absolute atomic E-state index is 12.3. The highest BCUT2D eigenvalue weighted by atomic mass is 79.9. The summed E-state index contributed by atoms with van der Waals surface area (Å²) < 4.78 is 6.69. The van der Waals surface area contributed by atoms with E-state index >= 15 is 0 Å². The summed E-state index contributed by atoms with van der Waals surface area (Å²) in [4.78, 5) is 17.9. The van der Waals surface area contributed by atoms with Gasteiger partial charge in [-0.15, -0.1) is 11.3 Å². The second kappa shape index (κ2) is 8.34. The minimum Gasteiger partial charge on any atom is -0.482 e. The van der Waals surface area contributed by atoms with Crippen molar-refractivity contribution in [1.82, 2.24) is 9.80 Å². The van der Waals surface area contributed by atoms with E-state index in [0.717, 1.165) is 36.5 Å². The molecule has 0 N–H and O–H groups in total. The number of rotatable bonds is 5. The second-order valence-corrected chi connectivity index (χ2v) is 8.54. The van der Waals surface area contributed by atoms with Crippen LogP contribution in [0.25, 0.3) is 0 Å². The number of hydrogen-bond acceptors (Lipinski definition) is 4. The molecule has 3 rings (SSSR count). The number of amides is 1. The largest absolute Gasteiger partial charge is 0.482 e. The third kappa shape index (κ3) is 4.72. The molecule has 7 heteroatoms. The summed E-state index contributed by atoms with van der Waals surface area (Å²) in [6.45, 7) is 4.20. The third-order valence-corrected chi connectivity index (χ3v) is 5.84. The maximum Gasteiger partial charge on any atom is 0.260 e. The zero-order valence-electron chi connectivity index (χ0n) is 13.1. The molecule has 0 saturated carbocycles. The molecule has 1 aromatic carbocycles. The Hall–Kier alpha value is -1.08. The zero-order valence-corrected chi connectivity index (χ0v) is 16.2. The van der Waals surface area contributed by atoms with Gasteiger partial charge in [0.2, 0.25) is 0 Å². The Morgan fingerprint density at radius 1 is 1.17 bits per heavy atom. The van der Waals surface area contributed by atoms with Crippen molar-refractivity contribution in [2.75, 3.05) is 32.8 Å². The van der Waals surface area contributed by atoms with Gasteiger partial charge in [-0.3, -0.25) is 9.69 Å². The van der Waals surface area contributed by atoms with E-state index in [9.17, 15) is 4.79 Å². The minimum absolute atomic E-state index is 0.00781. The fourth-order valence-corrected chi connectivity index (χ4v) is 4.32. The minimum atomic E-state index is 0.00781. The number of piperazine rings is 1. The van der Waals surface area contributed by atoms with Crippen LogP contribution in [-0.4, -0.2) is 48.5 Å². The smallest absolute Gasteiger partial charge is 0.260 e. The van der Waals surface area contributed by atoms with Crippen molar-refractivity contribution in [3.8, 4) is 5.75 Å². The molecule has 4 nitrogen and oxygen atoms in total. The van der Waals surface area contributed by atoms with Crippen molar-refractivity contribution in [3.63, 3.8) is 0 Å². The Balaban J connectivity index is 1.44. The molecule has 1 aliphatic heterocycles. The van der Waals surface area contributed by atoms with Gasteiger partial charge in [0, 0.05) is 37.6 Å². The van der Waals surface area contributed by atoms with Gasteiger partial charge in [0.15, 0.2) is 6.61 Å². The topological polar surface area (TPSA) is 32.8 Å². The fourth-order valence-electron chi connectivity index (χ4n) is 2.61. The summed E-state index contributed by atoms with van der Waals surface area (Å²) in [6.07, 6.45) is 0. The van der Waals surface area contributed by atoms with Gasteiger partial charge in [-0.05, 0) is 40.2 Å². The highest BCUT2D eigenvalue weighted by Crippen LogP contribution is 2.24. The van der Waals surface area contributed by atoms with Crippen molar-refractivity contribution in [1.29, 1.82) is 0 Å². The molecule has 1 fully saturated rings. The number of benzene rings is 1. The van der Waals surface area contributed by atoms with Crippen LogP contribution >= 0.6 is 38.9 Å². The zero-order chi connectivity index (χ0) is 16.9. The molecule has 128 valence electrons. The summed E-state index contributed by atoms with van der Waals surface area (Å²) in [5.74, 6) is 0.558. The van der Waals surface area contributed by atoms with E-state index in [1.807, 2.05) is 17.0 Å². The number of thiophene rings is 1. The van der Waals surface area contributed by atoms with Crippen molar-refractivity contribution in [2.24, 2.45) is 0 Å². The molecule has 2 aromatic rings. The molecule has 0 spiro atoms. The first-order chi connectivity index (χ1) is 11.6. The summed E-state index contributed by atoms with van der Waals surface area (Å²) in [7, 11) is 0. The van der Waals surface area contributed by atoms with Crippen molar-refractivity contribution >= 4 is 44.8 Å². The number of hydrogen-bond donors (Lipinski definition) is 0. The van der Waals surface area contributed by atoms with Crippen LogP contribution in [0, 0.1) is 0 Å². The number of para-hydroxylation sites is 1. The Morgan fingerprint density at radius 2 is 1.92 bits per heavy atom. The molecule has 1 aliphatic rings. The Labute approximate surface area is 159 Å². The Bertz CT molecular complexity index is 701. The lowest BCUT2D eigenvalue weighted by atomic mass is 10.3. The summed E-state index contributed by atoms with van der Waals surface area (Å²) in [5, 5.41) is 0.525. The highest BCUT2D eigenvalue weighted by Gasteiger charge is 2.22. The fraction of sp³-hybridized carbons (Fsp3) is 0.353. The van der Waals surface area contributed by atoms with Crippen molar-refractivity contribution < 1.29 is 9.53 Å².